The van der Waals surface area contributed by atoms with E-state index >= 15 is 0 Å². The highest BCUT2D eigenvalue weighted by Crippen LogP contribution is 2.28. The summed E-state index contributed by atoms with van der Waals surface area (Å²) in [7, 11) is 4.10. The van der Waals surface area contributed by atoms with Gasteiger partial charge in [-0.15, -0.1) is 0 Å². The van der Waals surface area contributed by atoms with Gasteiger partial charge in [0.15, 0.2) is 0 Å². The fourth-order valence-corrected chi connectivity index (χ4v) is 2.91. The predicted octanol–water partition coefficient (Wildman–Crippen LogP) is 3.10. The second kappa shape index (κ2) is 6.59. The molecule has 112 valence electrons. The van der Waals surface area contributed by atoms with Gasteiger partial charge in [-0.2, -0.15) is 0 Å². The van der Waals surface area contributed by atoms with Crippen molar-refractivity contribution in [3.05, 3.63) is 29.8 Å². The first-order chi connectivity index (χ1) is 9.50. The first kappa shape index (κ1) is 15.3. The highest BCUT2D eigenvalue weighted by Gasteiger charge is 2.29. The number of hydrogen-bond acceptors (Lipinski definition) is 3. The molecule has 0 amide bonds. The van der Waals surface area contributed by atoms with E-state index in [0.29, 0.717) is 6.54 Å². The van der Waals surface area contributed by atoms with Crippen molar-refractivity contribution in [2.75, 3.05) is 25.5 Å². The normalized spacial score (nSPS) is 19.6. The van der Waals surface area contributed by atoms with Gasteiger partial charge in [-0.25, -0.2) is 0 Å². The number of nitrogens with one attached hydrogen (secondary N) is 1. The molecule has 0 heterocycles. The summed E-state index contributed by atoms with van der Waals surface area (Å²) in [6.07, 6.45) is 5.45. The third kappa shape index (κ3) is 3.97. The van der Waals surface area contributed by atoms with Crippen LogP contribution in [0, 0.1) is 0 Å². The Bertz CT molecular complexity index is 408. The summed E-state index contributed by atoms with van der Waals surface area (Å²) < 4.78 is 0. The van der Waals surface area contributed by atoms with Crippen LogP contribution in [0.5, 0.6) is 0 Å². The Balaban J connectivity index is 1.89. The van der Waals surface area contributed by atoms with Crippen LogP contribution < -0.4 is 10.2 Å². The van der Waals surface area contributed by atoms with Crippen molar-refractivity contribution in [1.82, 2.24) is 5.32 Å². The van der Waals surface area contributed by atoms with E-state index in [2.05, 4.69) is 55.5 Å². The van der Waals surface area contributed by atoms with E-state index in [4.69, 9.17) is 0 Å². The molecule has 3 nitrogen and oxygen atoms in total. The largest absolute Gasteiger partial charge is 0.389 e. The predicted molar refractivity (Wildman–Crippen MR) is 85.2 cm³/mol. The van der Waals surface area contributed by atoms with Gasteiger partial charge in [0, 0.05) is 32.4 Å². The van der Waals surface area contributed by atoms with Crippen molar-refractivity contribution < 1.29 is 5.11 Å². The highest BCUT2D eigenvalue weighted by atomic mass is 16.3. The lowest BCUT2D eigenvalue weighted by atomic mass is 9.84. The smallest absolute Gasteiger partial charge is 0.0771 e. The fourth-order valence-electron chi connectivity index (χ4n) is 2.91. The van der Waals surface area contributed by atoms with Crippen molar-refractivity contribution in [2.24, 2.45) is 0 Å². The third-order valence-corrected chi connectivity index (χ3v) is 4.43. The molecule has 20 heavy (non-hydrogen) atoms. The summed E-state index contributed by atoms with van der Waals surface area (Å²) in [5, 5.41) is 14.0. The van der Waals surface area contributed by atoms with Crippen LogP contribution in [0.15, 0.2) is 24.3 Å². The van der Waals surface area contributed by atoms with Gasteiger partial charge < -0.3 is 15.3 Å². The minimum Gasteiger partial charge on any atom is -0.389 e. The van der Waals surface area contributed by atoms with Gasteiger partial charge in [0.1, 0.15) is 0 Å². The number of anilines is 1. The monoisotopic (exact) mass is 276 g/mol. The van der Waals surface area contributed by atoms with Gasteiger partial charge in [-0.05, 0) is 37.5 Å². The van der Waals surface area contributed by atoms with Crippen molar-refractivity contribution in [1.29, 1.82) is 0 Å². The molecule has 1 saturated carbocycles. The number of aliphatic hydroxyl groups is 1. The van der Waals surface area contributed by atoms with Crippen molar-refractivity contribution in [3.63, 3.8) is 0 Å². The molecule has 1 atom stereocenters. The highest BCUT2D eigenvalue weighted by molar-refractivity contribution is 5.46. The summed E-state index contributed by atoms with van der Waals surface area (Å²) in [6.45, 7) is 2.86. The summed E-state index contributed by atoms with van der Waals surface area (Å²) >= 11 is 0. The zero-order chi connectivity index (χ0) is 14.6. The van der Waals surface area contributed by atoms with Gasteiger partial charge in [0.2, 0.25) is 0 Å². The van der Waals surface area contributed by atoms with Crippen LogP contribution >= 0.6 is 0 Å². The SMILES string of the molecule is CC(NCC1(O)CCCCC1)c1ccc(N(C)C)cc1. The molecule has 0 aliphatic heterocycles. The summed E-state index contributed by atoms with van der Waals surface area (Å²) in [6, 6.07) is 8.89. The Labute approximate surface area is 123 Å². The molecule has 3 heteroatoms. The molecule has 1 unspecified atom stereocenters. The van der Waals surface area contributed by atoms with E-state index in [-0.39, 0.29) is 6.04 Å². The quantitative estimate of drug-likeness (QED) is 0.867. The lowest BCUT2D eigenvalue weighted by Crippen LogP contribution is -2.42. The van der Waals surface area contributed by atoms with Crippen LogP contribution in [0.3, 0.4) is 0 Å². The van der Waals surface area contributed by atoms with Crippen LogP contribution in [0.1, 0.15) is 50.6 Å². The van der Waals surface area contributed by atoms with Crippen LogP contribution in [0.25, 0.3) is 0 Å². The molecule has 0 aromatic heterocycles. The van der Waals surface area contributed by atoms with E-state index in [0.717, 1.165) is 25.7 Å². The van der Waals surface area contributed by atoms with Gasteiger partial charge in [-0.3, -0.25) is 0 Å². The minimum absolute atomic E-state index is 0.275. The van der Waals surface area contributed by atoms with E-state index in [1.54, 1.807) is 0 Å². The van der Waals surface area contributed by atoms with Gasteiger partial charge in [0.05, 0.1) is 5.60 Å². The second-order valence-electron chi connectivity index (χ2n) is 6.37. The molecule has 0 spiro atoms. The van der Waals surface area contributed by atoms with Crippen LogP contribution in [-0.4, -0.2) is 31.3 Å². The van der Waals surface area contributed by atoms with Crippen LogP contribution in [0.4, 0.5) is 5.69 Å². The fraction of sp³-hybridized carbons (Fsp3) is 0.647. The molecule has 1 aromatic carbocycles. The first-order valence-electron chi connectivity index (χ1n) is 7.73. The molecular weight excluding hydrogens is 248 g/mol. The van der Waals surface area contributed by atoms with E-state index in [9.17, 15) is 5.11 Å². The minimum atomic E-state index is -0.490. The topological polar surface area (TPSA) is 35.5 Å². The van der Waals surface area contributed by atoms with Gasteiger partial charge in [0.25, 0.3) is 0 Å². The zero-order valence-corrected chi connectivity index (χ0v) is 13.0. The molecule has 2 N–H and O–H groups in total. The molecule has 1 aromatic rings. The molecule has 1 aliphatic rings. The Morgan fingerprint density at radius 1 is 1.15 bits per heavy atom. The Morgan fingerprint density at radius 3 is 2.30 bits per heavy atom. The third-order valence-electron chi connectivity index (χ3n) is 4.43. The molecule has 0 radical (unpaired) electrons. The van der Waals surface area contributed by atoms with E-state index in [1.165, 1.54) is 17.7 Å². The van der Waals surface area contributed by atoms with Crippen LogP contribution in [0.2, 0.25) is 0 Å². The van der Waals surface area contributed by atoms with Gasteiger partial charge in [-0.1, -0.05) is 31.4 Å². The maximum absolute atomic E-state index is 10.5. The maximum atomic E-state index is 10.5. The average Bonchev–Trinajstić information content (AvgIpc) is 2.46. The Hall–Kier alpha value is -1.06. The standard InChI is InChI=1S/C17H28N2O/c1-14(15-7-9-16(10-8-15)19(2)3)18-13-17(20)11-5-4-6-12-17/h7-10,14,18,20H,4-6,11-13H2,1-3H3. The van der Waals surface area contributed by atoms with Crippen molar-refractivity contribution >= 4 is 5.69 Å². The summed E-state index contributed by atoms with van der Waals surface area (Å²) in [5.41, 5.74) is 2.00. The van der Waals surface area contributed by atoms with E-state index < -0.39 is 5.60 Å². The van der Waals surface area contributed by atoms with Crippen molar-refractivity contribution in [2.45, 2.75) is 50.7 Å². The molecule has 0 bridgehead atoms. The molecular formula is C17H28N2O. The molecule has 1 fully saturated rings. The van der Waals surface area contributed by atoms with Gasteiger partial charge >= 0.3 is 0 Å². The Kier molecular flexibility index (Phi) is 5.06. The first-order valence-corrected chi connectivity index (χ1v) is 7.73. The number of hydrogen-bond donors (Lipinski definition) is 2. The average molecular weight is 276 g/mol. The Morgan fingerprint density at radius 2 is 1.75 bits per heavy atom. The lowest BCUT2D eigenvalue weighted by molar-refractivity contribution is 0.00300. The van der Waals surface area contributed by atoms with Crippen LogP contribution in [-0.2, 0) is 0 Å². The number of benzene rings is 1. The lowest BCUT2D eigenvalue weighted by Gasteiger charge is -2.33. The second-order valence-corrected chi connectivity index (χ2v) is 6.37. The van der Waals surface area contributed by atoms with E-state index in [1.807, 2.05) is 0 Å². The molecule has 0 saturated heterocycles. The maximum Gasteiger partial charge on any atom is 0.0771 e. The zero-order valence-electron chi connectivity index (χ0n) is 13.0. The summed E-state index contributed by atoms with van der Waals surface area (Å²) in [4.78, 5) is 2.10. The molecule has 2 rings (SSSR count). The number of nitrogens with zero attached hydrogens (tertiary/aromatic N) is 1. The van der Waals surface area contributed by atoms with Crippen molar-refractivity contribution in [3.8, 4) is 0 Å². The number of rotatable bonds is 5. The molecule has 1 aliphatic carbocycles. The summed E-state index contributed by atoms with van der Waals surface area (Å²) in [5.74, 6) is 0.